The molecule has 2 rings (SSSR count). The van der Waals surface area contributed by atoms with Gasteiger partial charge in [0.25, 0.3) is 0 Å². The molecule has 1 heterocycles. The zero-order valence-corrected chi connectivity index (χ0v) is 13.0. The zero-order valence-electron chi connectivity index (χ0n) is 11.4. The van der Waals surface area contributed by atoms with Crippen LogP contribution in [0.2, 0.25) is 4.34 Å². The summed E-state index contributed by atoms with van der Waals surface area (Å²) >= 11 is 7.62. The topological polar surface area (TPSA) is 12.0 Å². The molecule has 102 valence electrons. The molecule has 1 aliphatic carbocycles. The molecule has 1 fully saturated rings. The normalized spacial score (nSPS) is 26.2. The fraction of sp³-hybridized carbons (Fsp3) is 0.733. The number of rotatable bonds is 5. The number of halogens is 1. The van der Waals surface area contributed by atoms with Gasteiger partial charge in [-0.3, -0.25) is 0 Å². The molecule has 1 N–H and O–H groups in total. The van der Waals surface area contributed by atoms with E-state index in [-0.39, 0.29) is 0 Å². The van der Waals surface area contributed by atoms with Crippen LogP contribution in [0.3, 0.4) is 0 Å². The van der Waals surface area contributed by atoms with Crippen LogP contribution in [0.25, 0.3) is 0 Å². The van der Waals surface area contributed by atoms with Gasteiger partial charge in [-0.05, 0) is 55.5 Å². The SMILES string of the molecule is CCCC1CCC(NC(C)c2csc(Cl)c2)CC1. The molecule has 0 bridgehead atoms. The Bertz CT molecular complexity index is 355. The van der Waals surface area contributed by atoms with Crippen LogP contribution in [0.15, 0.2) is 11.4 Å². The van der Waals surface area contributed by atoms with E-state index in [1.54, 1.807) is 11.3 Å². The Labute approximate surface area is 120 Å². The Balaban J connectivity index is 1.77. The van der Waals surface area contributed by atoms with Crippen LogP contribution in [0, 0.1) is 5.92 Å². The summed E-state index contributed by atoms with van der Waals surface area (Å²) < 4.78 is 0.894. The summed E-state index contributed by atoms with van der Waals surface area (Å²) in [5.41, 5.74) is 1.33. The van der Waals surface area contributed by atoms with E-state index in [0.29, 0.717) is 12.1 Å². The van der Waals surface area contributed by atoms with Crippen molar-refractivity contribution in [1.82, 2.24) is 5.32 Å². The molecular formula is C15H24ClNS. The largest absolute Gasteiger partial charge is 0.307 e. The lowest BCUT2D eigenvalue weighted by molar-refractivity contribution is 0.266. The first kappa shape index (κ1) is 14.4. The van der Waals surface area contributed by atoms with E-state index >= 15 is 0 Å². The Hall–Kier alpha value is -0.0500. The summed E-state index contributed by atoms with van der Waals surface area (Å²) in [7, 11) is 0. The van der Waals surface area contributed by atoms with Crippen molar-refractivity contribution in [3.05, 3.63) is 21.3 Å². The van der Waals surface area contributed by atoms with Crippen LogP contribution in [-0.2, 0) is 0 Å². The lowest BCUT2D eigenvalue weighted by Gasteiger charge is -2.31. The molecule has 1 atom stereocenters. The average molecular weight is 286 g/mol. The fourth-order valence-corrected chi connectivity index (χ4v) is 4.01. The molecule has 0 aromatic carbocycles. The van der Waals surface area contributed by atoms with Gasteiger partial charge < -0.3 is 5.32 Å². The number of hydrogen-bond acceptors (Lipinski definition) is 2. The van der Waals surface area contributed by atoms with Gasteiger partial charge in [-0.2, -0.15) is 0 Å². The smallest absolute Gasteiger partial charge is 0.0931 e. The second-order valence-electron chi connectivity index (χ2n) is 5.58. The quantitative estimate of drug-likeness (QED) is 0.762. The molecule has 0 saturated heterocycles. The summed E-state index contributed by atoms with van der Waals surface area (Å²) in [5, 5.41) is 5.93. The highest BCUT2D eigenvalue weighted by Gasteiger charge is 2.22. The van der Waals surface area contributed by atoms with Gasteiger partial charge in [-0.1, -0.05) is 31.4 Å². The molecule has 1 aromatic heterocycles. The molecule has 1 saturated carbocycles. The standard InChI is InChI=1S/C15H24ClNS/c1-3-4-12-5-7-14(8-6-12)17-11(2)13-9-15(16)18-10-13/h9-12,14,17H,3-8H2,1-2H3. The molecule has 1 unspecified atom stereocenters. The molecule has 0 amide bonds. The Morgan fingerprint density at radius 2 is 2.11 bits per heavy atom. The molecule has 1 aromatic rings. The van der Waals surface area contributed by atoms with E-state index in [4.69, 9.17) is 11.6 Å². The summed E-state index contributed by atoms with van der Waals surface area (Å²) in [5.74, 6) is 0.985. The van der Waals surface area contributed by atoms with Crippen LogP contribution in [0.4, 0.5) is 0 Å². The van der Waals surface area contributed by atoms with Crippen LogP contribution >= 0.6 is 22.9 Å². The minimum absolute atomic E-state index is 0.432. The molecular weight excluding hydrogens is 262 g/mol. The van der Waals surface area contributed by atoms with Crippen molar-refractivity contribution in [1.29, 1.82) is 0 Å². The summed E-state index contributed by atoms with van der Waals surface area (Å²) in [6.45, 7) is 4.54. The zero-order chi connectivity index (χ0) is 13.0. The molecule has 3 heteroatoms. The molecule has 18 heavy (non-hydrogen) atoms. The van der Waals surface area contributed by atoms with E-state index in [1.807, 2.05) is 0 Å². The fourth-order valence-electron chi connectivity index (χ4n) is 3.03. The highest BCUT2D eigenvalue weighted by molar-refractivity contribution is 7.14. The van der Waals surface area contributed by atoms with Crippen LogP contribution in [0.1, 0.15) is 64.0 Å². The first-order valence-corrected chi connectivity index (χ1v) is 8.44. The Morgan fingerprint density at radius 1 is 1.39 bits per heavy atom. The highest BCUT2D eigenvalue weighted by atomic mass is 35.5. The van der Waals surface area contributed by atoms with Crippen molar-refractivity contribution in [3.8, 4) is 0 Å². The van der Waals surface area contributed by atoms with Gasteiger partial charge in [0.1, 0.15) is 0 Å². The third-order valence-corrected chi connectivity index (χ3v) is 5.23. The third-order valence-electron chi connectivity index (χ3n) is 4.12. The van der Waals surface area contributed by atoms with E-state index in [2.05, 4.69) is 30.6 Å². The van der Waals surface area contributed by atoms with Crippen molar-refractivity contribution in [2.45, 2.75) is 64.5 Å². The number of nitrogens with one attached hydrogen (secondary N) is 1. The minimum atomic E-state index is 0.432. The number of hydrogen-bond donors (Lipinski definition) is 1. The van der Waals surface area contributed by atoms with Gasteiger partial charge in [-0.15, -0.1) is 11.3 Å². The van der Waals surface area contributed by atoms with Gasteiger partial charge in [0.05, 0.1) is 4.34 Å². The van der Waals surface area contributed by atoms with Crippen molar-refractivity contribution in [3.63, 3.8) is 0 Å². The molecule has 1 nitrogen and oxygen atoms in total. The Kier molecular flexibility index (Phi) is 5.53. The monoisotopic (exact) mass is 285 g/mol. The van der Waals surface area contributed by atoms with Gasteiger partial charge >= 0.3 is 0 Å². The van der Waals surface area contributed by atoms with Gasteiger partial charge in [0, 0.05) is 12.1 Å². The van der Waals surface area contributed by atoms with E-state index in [0.717, 1.165) is 10.3 Å². The van der Waals surface area contributed by atoms with E-state index < -0.39 is 0 Å². The van der Waals surface area contributed by atoms with Crippen LogP contribution in [-0.4, -0.2) is 6.04 Å². The maximum Gasteiger partial charge on any atom is 0.0931 e. The highest BCUT2D eigenvalue weighted by Crippen LogP contribution is 2.30. The molecule has 0 aliphatic heterocycles. The molecule has 1 aliphatic rings. The molecule has 0 spiro atoms. The van der Waals surface area contributed by atoms with Crippen LogP contribution < -0.4 is 5.32 Å². The maximum atomic E-state index is 5.99. The van der Waals surface area contributed by atoms with Crippen molar-refractivity contribution >= 4 is 22.9 Å². The van der Waals surface area contributed by atoms with E-state index in [1.165, 1.54) is 44.1 Å². The second kappa shape index (κ2) is 6.93. The van der Waals surface area contributed by atoms with Crippen molar-refractivity contribution < 1.29 is 0 Å². The predicted octanol–water partition coefficient (Wildman–Crippen LogP) is 5.41. The Morgan fingerprint density at radius 3 is 2.67 bits per heavy atom. The minimum Gasteiger partial charge on any atom is -0.307 e. The van der Waals surface area contributed by atoms with Gasteiger partial charge in [0.2, 0.25) is 0 Å². The predicted molar refractivity (Wildman–Crippen MR) is 81.5 cm³/mol. The summed E-state index contributed by atoms with van der Waals surface area (Å²) in [4.78, 5) is 0. The first-order chi connectivity index (χ1) is 8.69. The lowest BCUT2D eigenvalue weighted by Crippen LogP contribution is -2.34. The van der Waals surface area contributed by atoms with Gasteiger partial charge in [-0.25, -0.2) is 0 Å². The van der Waals surface area contributed by atoms with Gasteiger partial charge in [0.15, 0.2) is 0 Å². The summed E-state index contributed by atoms with van der Waals surface area (Å²) in [6.07, 6.45) is 8.25. The van der Waals surface area contributed by atoms with Crippen molar-refractivity contribution in [2.75, 3.05) is 0 Å². The van der Waals surface area contributed by atoms with Crippen molar-refractivity contribution in [2.24, 2.45) is 5.92 Å². The van der Waals surface area contributed by atoms with E-state index in [9.17, 15) is 0 Å². The second-order valence-corrected chi connectivity index (χ2v) is 7.12. The first-order valence-electron chi connectivity index (χ1n) is 7.19. The summed E-state index contributed by atoms with van der Waals surface area (Å²) in [6, 6.07) is 3.22. The maximum absolute atomic E-state index is 5.99. The van der Waals surface area contributed by atoms with Crippen LogP contribution in [0.5, 0.6) is 0 Å². The average Bonchev–Trinajstić information content (AvgIpc) is 2.79. The third kappa shape index (κ3) is 3.97. The number of thiophene rings is 1. The lowest BCUT2D eigenvalue weighted by atomic mass is 9.83. The molecule has 0 radical (unpaired) electrons.